The molecule has 0 aliphatic carbocycles. The van der Waals surface area contributed by atoms with Crippen LogP contribution in [0.25, 0.3) is 0 Å². The van der Waals surface area contributed by atoms with Crippen molar-refractivity contribution in [2.24, 2.45) is 0 Å². The number of likely N-dealkylation sites (tertiary alicyclic amines) is 1. The quantitative estimate of drug-likeness (QED) is 0.515. The van der Waals surface area contributed by atoms with E-state index in [9.17, 15) is 14.6 Å². The highest BCUT2D eigenvalue weighted by molar-refractivity contribution is 5.46. The number of aliphatic hydroxyl groups is 2. The van der Waals surface area contributed by atoms with Gasteiger partial charge in [0, 0.05) is 25.7 Å². The maximum absolute atomic E-state index is 14.1. The molecular formula is C21H36FN3O2. The summed E-state index contributed by atoms with van der Waals surface area (Å²) >= 11 is 0. The molecule has 2 unspecified atom stereocenters. The van der Waals surface area contributed by atoms with Crippen LogP contribution >= 0.6 is 0 Å². The zero-order valence-electron chi connectivity index (χ0n) is 16.8. The molecule has 1 saturated heterocycles. The van der Waals surface area contributed by atoms with Crippen LogP contribution in [-0.4, -0.2) is 72.5 Å². The van der Waals surface area contributed by atoms with Gasteiger partial charge in [0.05, 0.1) is 18.4 Å². The van der Waals surface area contributed by atoms with Crippen molar-refractivity contribution in [1.82, 2.24) is 9.80 Å². The van der Waals surface area contributed by atoms with Crippen LogP contribution in [0.4, 0.5) is 10.1 Å². The number of nitrogens with one attached hydrogen (secondary N) is 1. The Kier molecular flexibility index (Phi) is 9.48. The molecular weight excluding hydrogens is 345 g/mol. The normalized spacial score (nSPS) is 21.0. The lowest BCUT2D eigenvalue weighted by atomic mass is 9.99. The Balaban J connectivity index is 1.58. The number of aliphatic hydroxyl groups excluding tert-OH is 2. The molecule has 0 radical (unpaired) electrons. The topological polar surface area (TPSA) is 59.0 Å². The van der Waals surface area contributed by atoms with E-state index in [4.69, 9.17) is 0 Å². The van der Waals surface area contributed by atoms with Gasteiger partial charge in [-0.2, -0.15) is 0 Å². The van der Waals surface area contributed by atoms with E-state index in [1.807, 2.05) is 31.1 Å². The number of unbranched alkanes of at least 4 members (excludes halogenated alkanes) is 3. The van der Waals surface area contributed by atoms with Crippen molar-refractivity contribution in [3.8, 4) is 0 Å². The third-order valence-electron chi connectivity index (χ3n) is 5.24. The molecule has 0 aromatic heterocycles. The predicted octanol–water partition coefficient (Wildman–Crippen LogP) is 2.68. The first-order chi connectivity index (χ1) is 13.0. The SMILES string of the molecule is CN(C)Cc1ccc(NCCCCCCN2CCC(O)CC2CO)c(F)c1. The zero-order valence-corrected chi connectivity index (χ0v) is 16.8. The number of nitrogens with zero attached hydrogens (tertiary/aromatic N) is 2. The molecule has 154 valence electrons. The van der Waals surface area contributed by atoms with Crippen LogP contribution in [0.1, 0.15) is 44.1 Å². The number of halogens is 1. The van der Waals surface area contributed by atoms with Crippen molar-refractivity contribution in [2.45, 2.75) is 57.2 Å². The Labute approximate surface area is 163 Å². The minimum atomic E-state index is -0.262. The first-order valence-corrected chi connectivity index (χ1v) is 10.2. The number of rotatable bonds is 11. The maximum Gasteiger partial charge on any atom is 0.146 e. The first-order valence-electron chi connectivity index (χ1n) is 10.2. The van der Waals surface area contributed by atoms with Crippen molar-refractivity contribution in [3.63, 3.8) is 0 Å². The van der Waals surface area contributed by atoms with Crippen LogP contribution in [0.5, 0.6) is 0 Å². The molecule has 1 heterocycles. The molecule has 1 fully saturated rings. The fraction of sp³-hybridized carbons (Fsp3) is 0.714. The predicted molar refractivity (Wildman–Crippen MR) is 108 cm³/mol. The van der Waals surface area contributed by atoms with Crippen LogP contribution in [0, 0.1) is 5.82 Å². The van der Waals surface area contributed by atoms with Gasteiger partial charge in [-0.25, -0.2) is 4.39 Å². The molecule has 1 aromatic carbocycles. The fourth-order valence-electron chi connectivity index (χ4n) is 3.74. The highest BCUT2D eigenvalue weighted by Gasteiger charge is 2.26. The third kappa shape index (κ3) is 7.74. The Morgan fingerprint density at radius 1 is 1.22 bits per heavy atom. The molecule has 6 heteroatoms. The van der Waals surface area contributed by atoms with Gasteiger partial charge in [0.25, 0.3) is 0 Å². The van der Waals surface area contributed by atoms with Gasteiger partial charge in [0.1, 0.15) is 5.82 Å². The van der Waals surface area contributed by atoms with Crippen molar-refractivity contribution in [1.29, 1.82) is 0 Å². The van der Waals surface area contributed by atoms with Crippen molar-refractivity contribution in [3.05, 3.63) is 29.6 Å². The molecule has 0 amide bonds. The van der Waals surface area contributed by atoms with Crippen molar-refractivity contribution in [2.75, 3.05) is 45.7 Å². The standard InChI is InChI=1S/C21H36FN3O2/c1-24(2)15-17-7-8-21(20(22)13-17)23-10-5-3-4-6-11-25-12-9-19(27)14-18(25)16-26/h7-8,13,18-19,23,26-27H,3-6,9-12,14-16H2,1-2H3. The van der Waals surface area contributed by atoms with Gasteiger partial charge in [-0.1, -0.05) is 18.9 Å². The molecule has 27 heavy (non-hydrogen) atoms. The van der Waals surface area contributed by atoms with E-state index in [0.717, 1.165) is 63.8 Å². The summed E-state index contributed by atoms with van der Waals surface area (Å²) in [5.74, 6) is -0.184. The number of benzene rings is 1. The summed E-state index contributed by atoms with van der Waals surface area (Å²) in [7, 11) is 3.95. The highest BCUT2D eigenvalue weighted by atomic mass is 19.1. The second-order valence-corrected chi connectivity index (χ2v) is 7.94. The van der Waals surface area contributed by atoms with Gasteiger partial charge >= 0.3 is 0 Å². The second kappa shape index (κ2) is 11.6. The van der Waals surface area contributed by atoms with Crippen LogP contribution in [0.15, 0.2) is 18.2 Å². The second-order valence-electron chi connectivity index (χ2n) is 7.94. The van der Waals surface area contributed by atoms with E-state index in [2.05, 4.69) is 10.2 Å². The number of anilines is 1. The summed E-state index contributed by atoms with van der Waals surface area (Å²) < 4.78 is 14.1. The summed E-state index contributed by atoms with van der Waals surface area (Å²) in [6.07, 6.45) is 5.57. The molecule has 0 bridgehead atoms. The van der Waals surface area contributed by atoms with E-state index < -0.39 is 0 Å². The van der Waals surface area contributed by atoms with Gasteiger partial charge < -0.3 is 20.4 Å². The van der Waals surface area contributed by atoms with E-state index in [-0.39, 0.29) is 24.6 Å². The Morgan fingerprint density at radius 2 is 2.00 bits per heavy atom. The number of piperidine rings is 1. The van der Waals surface area contributed by atoms with E-state index in [1.165, 1.54) is 0 Å². The largest absolute Gasteiger partial charge is 0.395 e. The lowest BCUT2D eigenvalue weighted by Crippen LogP contribution is -2.46. The highest BCUT2D eigenvalue weighted by Crippen LogP contribution is 2.19. The zero-order chi connectivity index (χ0) is 19.6. The number of hydrogen-bond donors (Lipinski definition) is 3. The van der Waals surface area contributed by atoms with E-state index in [1.54, 1.807) is 6.07 Å². The van der Waals surface area contributed by atoms with Gasteiger partial charge in [0.15, 0.2) is 0 Å². The molecule has 1 aliphatic heterocycles. The van der Waals surface area contributed by atoms with E-state index >= 15 is 0 Å². The monoisotopic (exact) mass is 381 g/mol. The molecule has 1 aliphatic rings. The van der Waals surface area contributed by atoms with Crippen LogP contribution < -0.4 is 5.32 Å². The van der Waals surface area contributed by atoms with E-state index in [0.29, 0.717) is 12.1 Å². The minimum absolute atomic E-state index is 0.105. The summed E-state index contributed by atoms with van der Waals surface area (Å²) in [4.78, 5) is 4.33. The summed E-state index contributed by atoms with van der Waals surface area (Å²) in [5, 5.41) is 22.3. The smallest absolute Gasteiger partial charge is 0.146 e. The fourth-order valence-corrected chi connectivity index (χ4v) is 3.74. The number of hydrogen-bond acceptors (Lipinski definition) is 5. The average molecular weight is 382 g/mol. The Hall–Kier alpha value is -1.21. The molecule has 5 nitrogen and oxygen atoms in total. The van der Waals surface area contributed by atoms with Crippen LogP contribution in [-0.2, 0) is 6.54 Å². The molecule has 1 aromatic rings. The van der Waals surface area contributed by atoms with Gasteiger partial charge in [0.2, 0.25) is 0 Å². The van der Waals surface area contributed by atoms with Crippen LogP contribution in [0.2, 0.25) is 0 Å². The summed E-state index contributed by atoms with van der Waals surface area (Å²) in [6, 6.07) is 5.51. The third-order valence-corrected chi connectivity index (χ3v) is 5.24. The lowest BCUT2D eigenvalue weighted by molar-refractivity contribution is 0.0163. The summed E-state index contributed by atoms with van der Waals surface area (Å²) in [5.41, 5.74) is 1.56. The molecule has 0 spiro atoms. The molecule has 2 rings (SSSR count). The van der Waals surface area contributed by atoms with Crippen LogP contribution in [0.3, 0.4) is 0 Å². The van der Waals surface area contributed by atoms with Crippen molar-refractivity contribution < 1.29 is 14.6 Å². The van der Waals surface area contributed by atoms with Gasteiger partial charge in [-0.3, -0.25) is 4.90 Å². The molecule has 0 saturated carbocycles. The molecule has 2 atom stereocenters. The van der Waals surface area contributed by atoms with Gasteiger partial charge in [-0.05, 0) is 64.0 Å². The first kappa shape index (κ1) is 22.1. The Bertz CT molecular complexity index is 556. The summed E-state index contributed by atoms with van der Waals surface area (Å²) in [6.45, 7) is 3.49. The lowest BCUT2D eigenvalue weighted by Gasteiger charge is -2.36. The molecule has 3 N–H and O–H groups in total. The average Bonchev–Trinajstić information content (AvgIpc) is 2.62. The minimum Gasteiger partial charge on any atom is -0.395 e. The van der Waals surface area contributed by atoms with Gasteiger partial charge in [-0.15, -0.1) is 0 Å². The maximum atomic E-state index is 14.1. The van der Waals surface area contributed by atoms with Crippen molar-refractivity contribution >= 4 is 5.69 Å². The Morgan fingerprint density at radius 3 is 2.70 bits per heavy atom.